The summed E-state index contributed by atoms with van der Waals surface area (Å²) in [6, 6.07) is 3.08. The average molecular weight is 181 g/mol. The molecule has 0 heterocycles. The van der Waals surface area contributed by atoms with Gasteiger partial charge in [-0.2, -0.15) is 0 Å². The lowest BCUT2D eigenvalue weighted by Crippen LogP contribution is -2.06. The number of hydrogen-bond donors (Lipinski definition) is 1. The van der Waals surface area contributed by atoms with Gasteiger partial charge in [-0.25, -0.2) is 8.78 Å². The molecule has 66 valence electrons. The van der Waals surface area contributed by atoms with Gasteiger partial charge in [-0.05, 0) is 24.1 Å². The van der Waals surface area contributed by atoms with E-state index < -0.39 is 17.5 Å². The molecule has 0 unspecified atom stereocenters. The largest absolute Gasteiger partial charge is 0.359 e. The lowest BCUT2D eigenvalue weighted by Gasteiger charge is -1.91. The topological polar surface area (TPSA) is 43.1 Å². The van der Waals surface area contributed by atoms with Crippen molar-refractivity contribution in [3.63, 3.8) is 0 Å². The highest BCUT2D eigenvalue weighted by Crippen LogP contribution is 2.06. The van der Waals surface area contributed by atoms with Gasteiger partial charge in [-0.1, -0.05) is 5.92 Å². The molecule has 1 aromatic carbocycles. The van der Waals surface area contributed by atoms with Gasteiger partial charge in [0, 0.05) is 5.56 Å². The van der Waals surface area contributed by atoms with Gasteiger partial charge in [0.1, 0.15) is 0 Å². The first-order chi connectivity index (χ1) is 6.09. The summed E-state index contributed by atoms with van der Waals surface area (Å²) < 4.78 is 24.9. The molecule has 0 atom stereocenters. The van der Waals surface area contributed by atoms with Crippen molar-refractivity contribution in [1.82, 2.24) is 0 Å². The number of rotatable bonds is 0. The molecule has 0 bridgehead atoms. The zero-order valence-corrected chi connectivity index (χ0v) is 6.47. The van der Waals surface area contributed by atoms with Gasteiger partial charge in [0.2, 0.25) is 0 Å². The third kappa shape index (κ3) is 2.56. The smallest absolute Gasteiger partial charge is 0.293 e. The van der Waals surface area contributed by atoms with Crippen LogP contribution in [0.4, 0.5) is 8.78 Å². The minimum atomic E-state index is -1.00. The Morgan fingerprint density at radius 2 is 2.00 bits per heavy atom. The third-order valence-electron chi connectivity index (χ3n) is 1.25. The zero-order chi connectivity index (χ0) is 9.84. The van der Waals surface area contributed by atoms with E-state index in [1.165, 1.54) is 6.07 Å². The maximum atomic E-state index is 12.5. The molecule has 0 aliphatic carbocycles. The second-order valence-electron chi connectivity index (χ2n) is 2.24. The molecule has 1 aromatic rings. The van der Waals surface area contributed by atoms with Gasteiger partial charge in [0.15, 0.2) is 11.6 Å². The zero-order valence-electron chi connectivity index (χ0n) is 6.47. The normalized spacial score (nSPS) is 8.77. The molecule has 0 aliphatic rings. The van der Waals surface area contributed by atoms with Crippen LogP contribution in [0.5, 0.6) is 0 Å². The summed E-state index contributed by atoms with van der Waals surface area (Å²) in [7, 11) is 0. The Morgan fingerprint density at radius 1 is 1.31 bits per heavy atom. The van der Waals surface area contributed by atoms with Crippen LogP contribution in [0, 0.1) is 23.5 Å². The van der Waals surface area contributed by atoms with E-state index in [1.807, 2.05) is 5.92 Å². The van der Waals surface area contributed by atoms with E-state index in [4.69, 9.17) is 5.73 Å². The van der Waals surface area contributed by atoms with E-state index in [1.54, 1.807) is 0 Å². The van der Waals surface area contributed by atoms with Crippen molar-refractivity contribution in [3.8, 4) is 11.8 Å². The Balaban J connectivity index is 3.00. The molecule has 4 heteroatoms. The van der Waals surface area contributed by atoms with Crippen LogP contribution < -0.4 is 5.73 Å². The summed E-state index contributed by atoms with van der Waals surface area (Å²) in [4.78, 5) is 10.2. The molecular formula is C9H5F2NO. The van der Waals surface area contributed by atoms with Gasteiger partial charge < -0.3 is 5.73 Å². The van der Waals surface area contributed by atoms with Gasteiger partial charge in [0.25, 0.3) is 5.91 Å². The van der Waals surface area contributed by atoms with Crippen LogP contribution in [-0.4, -0.2) is 5.91 Å². The number of hydrogen-bond acceptors (Lipinski definition) is 1. The SMILES string of the molecule is NC(=O)C#Cc1ccc(F)c(F)c1. The third-order valence-corrected chi connectivity index (χ3v) is 1.25. The van der Waals surface area contributed by atoms with Crippen molar-refractivity contribution >= 4 is 5.91 Å². The van der Waals surface area contributed by atoms with Gasteiger partial charge in [0.05, 0.1) is 0 Å². The fourth-order valence-corrected chi connectivity index (χ4v) is 0.708. The molecule has 0 saturated heterocycles. The van der Waals surface area contributed by atoms with Crippen LogP contribution in [-0.2, 0) is 4.79 Å². The standard InChI is InChI=1S/C9H5F2NO/c10-7-3-1-6(5-8(7)11)2-4-9(12)13/h1,3,5H,(H2,12,13). The molecule has 2 N–H and O–H groups in total. The van der Waals surface area contributed by atoms with E-state index in [-0.39, 0.29) is 5.56 Å². The maximum Gasteiger partial charge on any atom is 0.293 e. The van der Waals surface area contributed by atoms with Gasteiger partial charge in [-0.3, -0.25) is 4.79 Å². The van der Waals surface area contributed by atoms with Crippen molar-refractivity contribution in [2.75, 3.05) is 0 Å². The molecule has 1 amide bonds. The number of carbonyl (C=O) groups is 1. The van der Waals surface area contributed by atoms with Crippen LogP contribution in [0.1, 0.15) is 5.56 Å². The van der Waals surface area contributed by atoms with E-state index >= 15 is 0 Å². The molecule has 0 aromatic heterocycles. The first-order valence-corrected chi connectivity index (χ1v) is 3.36. The summed E-state index contributed by atoms with van der Waals surface area (Å²) in [5.74, 6) is 1.52. The van der Waals surface area contributed by atoms with Crippen molar-refractivity contribution in [1.29, 1.82) is 0 Å². The first-order valence-electron chi connectivity index (χ1n) is 3.36. The quantitative estimate of drug-likeness (QED) is 0.591. The first kappa shape index (κ1) is 9.20. The molecule has 1 rings (SSSR count). The van der Waals surface area contributed by atoms with Crippen molar-refractivity contribution in [3.05, 3.63) is 35.4 Å². The Morgan fingerprint density at radius 3 is 2.54 bits per heavy atom. The molecule has 2 nitrogen and oxygen atoms in total. The van der Waals surface area contributed by atoms with Crippen LogP contribution in [0.2, 0.25) is 0 Å². The molecule has 13 heavy (non-hydrogen) atoms. The highest BCUT2D eigenvalue weighted by atomic mass is 19.2. The summed E-state index contributed by atoms with van der Waals surface area (Å²) >= 11 is 0. The molecule has 0 fully saturated rings. The number of carbonyl (C=O) groups excluding carboxylic acids is 1. The fraction of sp³-hybridized carbons (Fsp3) is 0. The van der Waals surface area contributed by atoms with E-state index in [0.717, 1.165) is 12.1 Å². The van der Waals surface area contributed by atoms with E-state index in [0.29, 0.717) is 0 Å². The number of halogens is 2. The van der Waals surface area contributed by atoms with Gasteiger partial charge in [-0.15, -0.1) is 0 Å². The van der Waals surface area contributed by atoms with E-state index in [9.17, 15) is 13.6 Å². The lowest BCUT2D eigenvalue weighted by atomic mass is 10.2. The minimum Gasteiger partial charge on any atom is -0.359 e. The van der Waals surface area contributed by atoms with Crippen molar-refractivity contribution < 1.29 is 13.6 Å². The number of primary amides is 1. The predicted molar refractivity (Wildman–Crippen MR) is 42.4 cm³/mol. The predicted octanol–water partition coefficient (Wildman–Crippen LogP) is 0.802. The van der Waals surface area contributed by atoms with Crippen molar-refractivity contribution in [2.24, 2.45) is 5.73 Å². The monoisotopic (exact) mass is 181 g/mol. The number of amides is 1. The highest BCUT2D eigenvalue weighted by Gasteiger charge is 1.99. The van der Waals surface area contributed by atoms with Crippen LogP contribution >= 0.6 is 0 Å². The Kier molecular flexibility index (Phi) is 2.60. The summed E-state index contributed by atoms with van der Waals surface area (Å²) in [6.45, 7) is 0. The molecule has 0 spiro atoms. The average Bonchev–Trinajstić information content (AvgIpc) is 2.07. The minimum absolute atomic E-state index is 0.206. The van der Waals surface area contributed by atoms with Crippen LogP contribution in [0.15, 0.2) is 18.2 Å². The second kappa shape index (κ2) is 3.68. The maximum absolute atomic E-state index is 12.5. The molecule has 0 radical (unpaired) electrons. The summed E-state index contributed by atoms with van der Waals surface area (Å²) in [6.07, 6.45) is 0. The van der Waals surface area contributed by atoms with Crippen LogP contribution in [0.25, 0.3) is 0 Å². The second-order valence-corrected chi connectivity index (χ2v) is 2.24. The van der Waals surface area contributed by atoms with E-state index in [2.05, 4.69) is 5.92 Å². The lowest BCUT2D eigenvalue weighted by molar-refractivity contribution is -0.112. The summed E-state index contributed by atoms with van der Waals surface area (Å²) in [5, 5.41) is 0. The molecular weight excluding hydrogens is 176 g/mol. The Hall–Kier alpha value is -1.89. The highest BCUT2D eigenvalue weighted by molar-refractivity contribution is 5.92. The molecule has 0 saturated carbocycles. The Bertz CT molecular complexity index is 404. The summed E-state index contributed by atoms with van der Waals surface area (Å²) in [5.41, 5.74) is 4.93. The number of benzene rings is 1. The number of nitrogens with two attached hydrogens (primary N) is 1. The molecule has 0 aliphatic heterocycles. The Labute approximate surface area is 73.4 Å². The fourth-order valence-electron chi connectivity index (χ4n) is 0.708. The van der Waals surface area contributed by atoms with Crippen LogP contribution in [0.3, 0.4) is 0 Å². The van der Waals surface area contributed by atoms with Gasteiger partial charge >= 0.3 is 0 Å². The van der Waals surface area contributed by atoms with Crippen molar-refractivity contribution in [2.45, 2.75) is 0 Å².